The lowest BCUT2D eigenvalue weighted by Gasteiger charge is -1.94. The number of hydrogen-bond donors (Lipinski definition) is 1. The molecule has 0 saturated carbocycles. The van der Waals surface area contributed by atoms with Crippen molar-refractivity contribution in [2.24, 2.45) is 0 Å². The lowest BCUT2D eigenvalue weighted by molar-refractivity contribution is 0.385. The fourth-order valence-corrected chi connectivity index (χ4v) is 0.618. The van der Waals surface area contributed by atoms with Crippen molar-refractivity contribution < 1.29 is 5.11 Å². The van der Waals surface area contributed by atoms with Crippen LogP contribution in [0.25, 0.3) is 0 Å². The molecule has 0 spiro atoms. The van der Waals surface area contributed by atoms with Gasteiger partial charge in [0.25, 0.3) is 0 Å². The molecular weight excluding hydrogens is 112 g/mol. The van der Waals surface area contributed by atoms with Crippen molar-refractivity contribution >= 4 is 0 Å². The quantitative estimate of drug-likeness (QED) is 0.341. The van der Waals surface area contributed by atoms with E-state index in [-0.39, 0.29) is 0 Å². The fourth-order valence-electron chi connectivity index (χ4n) is 0.618. The standard InChI is InChI=1S/C8H14O/c1-3-4-5-6-7-8(2)9/h3,9H,1-2,4-7H2. The van der Waals surface area contributed by atoms with E-state index in [0.29, 0.717) is 5.76 Å². The molecule has 52 valence electrons. The molecule has 0 aromatic rings. The van der Waals surface area contributed by atoms with Gasteiger partial charge in [-0.25, -0.2) is 0 Å². The summed E-state index contributed by atoms with van der Waals surface area (Å²) in [5.74, 6) is 0.291. The van der Waals surface area contributed by atoms with E-state index in [0.717, 1.165) is 25.7 Å². The lowest BCUT2D eigenvalue weighted by Crippen LogP contribution is -1.78. The number of aliphatic hydroxyl groups excluding tert-OH is 1. The minimum Gasteiger partial charge on any atom is -0.513 e. The molecule has 1 nitrogen and oxygen atoms in total. The number of hydrogen-bond acceptors (Lipinski definition) is 1. The normalized spacial score (nSPS) is 8.89. The molecule has 0 aromatic carbocycles. The SMILES string of the molecule is C=CCCCCC(=C)O. The van der Waals surface area contributed by atoms with Gasteiger partial charge in [-0.15, -0.1) is 6.58 Å². The van der Waals surface area contributed by atoms with Gasteiger partial charge in [-0.3, -0.25) is 0 Å². The summed E-state index contributed by atoms with van der Waals surface area (Å²) in [6.45, 7) is 6.97. The van der Waals surface area contributed by atoms with Gasteiger partial charge in [-0.05, 0) is 19.3 Å². The molecule has 0 radical (unpaired) electrons. The summed E-state index contributed by atoms with van der Waals surface area (Å²) in [7, 11) is 0. The Bertz CT molecular complexity index is 94.7. The second kappa shape index (κ2) is 5.42. The third-order valence-corrected chi connectivity index (χ3v) is 1.12. The Hall–Kier alpha value is -0.720. The molecule has 0 saturated heterocycles. The van der Waals surface area contributed by atoms with Crippen LogP contribution in [0.5, 0.6) is 0 Å². The highest BCUT2D eigenvalue weighted by molar-refractivity contribution is 4.78. The predicted octanol–water partition coefficient (Wildman–Crippen LogP) is 2.80. The molecule has 0 aliphatic heterocycles. The Morgan fingerprint density at radius 2 is 2.11 bits per heavy atom. The molecule has 9 heavy (non-hydrogen) atoms. The summed E-state index contributed by atoms with van der Waals surface area (Å²) in [5.41, 5.74) is 0. The maximum Gasteiger partial charge on any atom is 0.0851 e. The molecule has 0 aliphatic rings. The summed E-state index contributed by atoms with van der Waals surface area (Å²) < 4.78 is 0. The molecule has 1 N–H and O–H groups in total. The van der Waals surface area contributed by atoms with Crippen LogP contribution in [0.1, 0.15) is 25.7 Å². The maximum atomic E-state index is 8.63. The monoisotopic (exact) mass is 126 g/mol. The van der Waals surface area contributed by atoms with Crippen LogP contribution >= 0.6 is 0 Å². The Morgan fingerprint density at radius 1 is 1.44 bits per heavy atom. The zero-order valence-corrected chi connectivity index (χ0v) is 5.77. The Morgan fingerprint density at radius 3 is 2.56 bits per heavy atom. The fraction of sp³-hybridized carbons (Fsp3) is 0.500. The maximum absolute atomic E-state index is 8.63. The summed E-state index contributed by atoms with van der Waals surface area (Å²) in [6, 6.07) is 0. The number of aliphatic hydroxyl groups is 1. The van der Waals surface area contributed by atoms with Crippen molar-refractivity contribution in [2.45, 2.75) is 25.7 Å². The van der Waals surface area contributed by atoms with Crippen LogP contribution in [-0.2, 0) is 0 Å². The average molecular weight is 126 g/mol. The van der Waals surface area contributed by atoms with Crippen molar-refractivity contribution in [3.63, 3.8) is 0 Å². The molecule has 0 atom stereocenters. The van der Waals surface area contributed by atoms with Crippen molar-refractivity contribution in [3.05, 3.63) is 25.0 Å². The predicted molar refractivity (Wildman–Crippen MR) is 40.4 cm³/mol. The Labute approximate surface area is 56.7 Å². The largest absolute Gasteiger partial charge is 0.513 e. The van der Waals surface area contributed by atoms with Gasteiger partial charge in [0, 0.05) is 6.42 Å². The van der Waals surface area contributed by atoms with E-state index in [1.54, 1.807) is 0 Å². The van der Waals surface area contributed by atoms with Crippen LogP contribution in [0.3, 0.4) is 0 Å². The Kier molecular flexibility index (Phi) is 4.98. The molecular formula is C8H14O. The van der Waals surface area contributed by atoms with Crippen molar-refractivity contribution in [3.8, 4) is 0 Å². The first-order valence-corrected chi connectivity index (χ1v) is 3.25. The highest BCUT2D eigenvalue weighted by Gasteiger charge is 1.87. The molecule has 1 heteroatoms. The zero-order chi connectivity index (χ0) is 7.11. The number of rotatable bonds is 5. The molecule has 0 rings (SSSR count). The van der Waals surface area contributed by atoms with Crippen LogP contribution < -0.4 is 0 Å². The van der Waals surface area contributed by atoms with E-state index >= 15 is 0 Å². The Balaban J connectivity index is 2.91. The molecule has 0 bridgehead atoms. The summed E-state index contributed by atoms with van der Waals surface area (Å²) in [6.07, 6.45) is 5.77. The molecule has 0 unspecified atom stereocenters. The molecule has 0 aromatic heterocycles. The number of unbranched alkanes of at least 4 members (excludes halogenated alkanes) is 2. The molecule has 0 aliphatic carbocycles. The van der Waals surface area contributed by atoms with Gasteiger partial charge in [0.15, 0.2) is 0 Å². The van der Waals surface area contributed by atoms with Crippen LogP contribution in [0, 0.1) is 0 Å². The second-order valence-electron chi connectivity index (χ2n) is 2.10. The van der Waals surface area contributed by atoms with E-state index in [2.05, 4.69) is 13.2 Å². The summed E-state index contributed by atoms with van der Waals surface area (Å²) >= 11 is 0. The first-order valence-electron chi connectivity index (χ1n) is 3.25. The second-order valence-corrected chi connectivity index (χ2v) is 2.10. The van der Waals surface area contributed by atoms with E-state index < -0.39 is 0 Å². The van der Waals surface area contributed by atoms with Gasteiger partial charge in [-0.2, -0.15) is 0 Å². The highest BCUT2D eigenvalue weighted by atomic mass is 16.3. The summed E-state index contributed by atoms with van der Waals surface area (Å²) in [4.78, 5) is 0. The van der Waals surface area contributed by atoms with Gasteiger partial charge < -0.3 is 5.11 Å². The van der Waals surface area contributed by atoms with E-state index in [4.69, 9.17) is 5.11 Å². The highest BCUT2D eigenvalue weighted by Crippen LogP contribution is 2.03. The minimum absolute atomic E-state index is 0.291. The van der Waals surface area contributed by atoms with Crippen molar-refractivity contribution in [1.29, 1.82) is 0 Å². The smallest absolute Gasteiger partial charge is 0.0851 e. The minimum atomic E-state index is 0.291. The van der Waals surface area contributed by atoms with Crippen molar-refractivity contribution in [2.75, 3.05) is 0 Å². The van der Waals surface area contributed by atoms with Crippen molar-refractivity contribution in [1.82, 2.24) is 0 Å². The first kappa shape index (κ1) is 8.28. The average Bonchev–Trinajstić information content (AvgIpc) is 1.80. The van der Waals surface area contributed by atoms with E-state index in [9.17, 15) is 0 Å². The van der Waals surface area contributed by atoms with Gasteiger partial charge in [-0.1, -0.05) is 12.7 Å². The summed E-state index contributed by atoms with van der Waals surface area (Å²) in [5, 5.41) is 8.63. The van der Waals surface area contributed by atoms with Gasteiger partial charge in [0.1, 0.15) is 0 Å². The van der Waals surface area contributed by atoms with Gasteiger partial charge >= 0.3 is 0 Å². The topological polar surface area (TPSA) is 20.2 Å². The van der Waals surface area contributed by atoms with Crippen LogP contribution in [0.2, 0.25) is 0 Å². The van der Waals surface area contributed by atoms with Crippen LogP contribution in [-0.4, -0.2) is 5.11 Å². The first-order chi connectivity index (χ1) is 4.27. The third-order valence-electron chi connectivity index (χ3n) is 1.12. The number of allylic oxidation sites excluding steroid dienone is 2. The zero-order valence-electron chi connectivity index (χ0n) is 5.77. The van der Waals surface area contributed by atoms with Crippen LogP contribution in [0.4, 0.5) is 0 Å². The van der Waals surface area contributed by atoms with Gasteiger partial charge in [0.2, 0.25) is 0 Å². The van der Waals surface area contributed by atoms with E-state index in [1.165, 1.54) is 0 Å². The van der Waals surface area contributed by atoms with E-state index in [1.807, 2.05) is 6.08 Å². The molecule has 0 amide bonds. The third kappa shape index (κ3) is 7.28. The van der Waals surface area contributed by atoms with Gasteiger partial charge in [0.05, 0.1) is 5.76 Å². The van der Waals surface area contributed by atoms with Crippen LogP contribution in [0.15, 0.2) is 25.0 Å². The lowest BCUT2D eigenvalue weighted by atomic mass is 10.2. The molecule has 0 heterocycles. The molecule has 0 fully saturated rings.